The van der Waals surface area contributed by atoms with Crippen LogP contribution in [-0.4, -0.2) is 18.9 Å². The molecule has 5 nitrogen and oxygen atoms in total. The molecule has 2 aromatic carbocycles. The summed E-state index contributed by atoms with van der Waals surface area (Å²) in [5.41, 5.74) is 0.189. The lowest BCUT2D eigenvalue weighted by Gasteiger charge is -2.32. The van der Waals surface area contributed by atoms with Gasteiger partial charge in [-0.3, -0.25) is 4.55 Å². The topological polar surface area (TPSA) is 80.7 Å². The molecule has 0 amide bonds. The van der Waals surface area contributed by atoms with Gasteiger partial charge in [-0.1, -0.05) is 74.4 Å². The van der Waals surface area contributed by atoms with E-state index in [9.17, 15) is 30.8 Å². The minimum absolute atomic E-state index is 0.0310. The van der Waals surface area contributed by atoms with Crippen LogP contribution in [0.1, 0.15) is 89.4 Å². The van der Waals surface area contributed by atoms with Crippen LogP contribution in [0.2, 0.25) is 0 Å². The summed E-state index contributed by atoms with van der Waals surface area (Å²) in [5.74, 6) is -12.4. The van der Waals surface area contributed by atoms with Gasteiger partial charge in [0.1, 0.15) is 0 Å². The van der Waals surface area contributed by atoms with Crippen LogP contribution in [-0.2, 0) is 26.4 Å². The normalized spacial score (nSPS) is 13.2. The van der Waals surface area contributed by atoms with Crippen molar-refractivity contribution in [1.82, 2.24) is 0 Å². The van der Waals surface area contributed by atoms with Gasteiger partial charge in [-0.15, -0.1) is 0 Å². The molecule has 0 aromatic heterocycles. The van der Waals surface area contributed by atoms with Crippen molar-refractivity contribution >= 4 is 16.1 Å². The fraction of sp³-hybridized carbons (Fsp3) is 0.480. The highest BCUT2D eigenvalue weighted by Gasteiger charge is 2.37. The predicted molar refractivity (Wildman–Crippen MR) is 124 cm³/mol. The Balaban J connectivity index is 2.88. The molecule has 10 heteroatoms. The van der Waals surface area contributed by atoms with E-state index in [0.29, 0.717) is 11.1 Å². The molecular formula is C25H30F4O5S. The molecule has 35 heavy (non-hydrogen) atoms. The molecule has 0 saturated heterocycles. The van der Waals surface area contributed by atoms with Crippen molar-refractivity contribution in [3.63, 3.8) is 0 Å². The van der Waals surface area contributed by atoms with Gasteiger partial charge in [0.2, 0.25) is 17.4 Å². The second kappa shape index (κ2) is 8.89. The van der Waals surface area contributed by atoms with Crippen molar-refractivity contribution in [3.8, 4) is 5.75 Å². The third-order valence-electron chi connectivity index (χ3n) is 5.46. The second-order valence-electron chi connectivity index (χ2n) is 11.5. The fourth-order valence-corrected chi connectivity index (χ4v) is 4.16. The van der Waals surface area contributed by atoms with E-state index in [-0.39, 0.29) is 11.0 Å². The fourth-order valence-electron chi connectivity index (χ4n) is 3.53. The standard InChI is InChI=1S/C25H30F4O5S/c1-23(2,3)12-10-13(24(4,5)6)15(14(11-12)25(7,8)9)22(30)34-20-16(26)18(28)21(35(31,32)33)19(29)17(20)27/h10-11H,1-9H3,(H,31,32,33). The summed E-state index contributed by atoms with van der Waals surface area (Å²) in [7, 11) is -5.65. The van der Waals surface area contributed by atoms with E-state index in [1.54, 1.807) is 12.1 Å². The Kier molecular flexibility index (Phi) is 7.30. The van der Waals surface area contributed by atoms with Gasteiger partial charge in [0.05, 0.1) is 5.56 Å². The third kappa shape index (κ3) is 5.69. The molecule has 0 atom stereocenters. The highest BCUT2D eigenvalue weighted by molar-refractivity contribution is 7.85. The van der Waals surface area contributed by atoms with E-state index in [4.69, 9.17) is 9.29 Å². The van der Waals surface area contributed by atoms with Gasteiger partial charge in [0.25, 0.3) is 0 Å². The number of ether oxygens (including phenoxy) is 1. The van der Waals surface area contributed by atoms with Gasteiger partial charge in [-0.2, -0.15) is 17.2 Å². The maximum Gasteiger partial charge on any atom is 0.344 e. The lowest BCUT2D eigenvalue weighted by atomic mass is 9.72. The number of hydrogen-bond acceptors (Lipinski definition) is 4. The lowest BCUT2D eigenvalue weighted by Crippen LogP contribution is -2.28. The molecule has 0 aliphatic carbocycles. The minimum Gasteiger partial charge on any atom is -0.416 e. The molecule has 0 fully saturated rings. The smallest absolute Gasteiger partial charge is 0.344 e. The van der Waals surface area contributed by atoms with Crippen LogP contribution in [0, 0.1) is 23.3 Å². The van der Waals surface area contributed by atoms with E-state index in [0.717, 1.165) is 5.56 Å². The van der Waals surface area contributed by atoms with Crippen LogP contribution in [0.15, 0.2) is 17.0 Å². The minimum atomic E-state index is -5.65. The van der Waals surface area contributed by atoms with Crippen molar-refractivity contribution in [3.05, 3.63) is 57.7 Å². The van der Waals surface area contributed by atoms with Crippen LogP contribution < -0.4 is 4.74 Å². The molecule has 0 heterocycles. The molecule has 0 bridgehead atoms. The summed E-state index contributed by atoms with van der Waals surface area (Å²) in [5, 5.41) is 0. The molecular weight excluding hydrogens is 488 g/mol. The lowest BCUT2D eigenvalue weighted by molar-refractivity contribution is 0.0711. The SMILES string of the molecule is CC(C)(C)c1cc(C(C)(C)C)c(C(=O)Oc2c(F)c(F)c(S(=O)(=O)O)c(F)c2F)c(C(C)(C)C)c1. The zero-order valence-electron chi connectivity index (χ0n) is 21.2. The van der Waals surface area contributed by atoms with Crippen molar-refractivity contribution in [2.45, 2.75) is 83.5 Å². The van der Waals surface area contributed by atoms with Crippen molar-refractivity contribution in [1.29, 1.82) is 0 Å². The molecule has 2 aromatic rings. The van der Waals surface area contributed by atoms with Crippen LogP contribution in [0.3, 0.4) is 0 Å². The Labute approximate surface area is 203 Å². The molecule has 0 spiro atoms. The maximum absolute atomic E-state index is 14.6. The quantitative estimate of drug-likeness (QED) is 0.163. The monoisotopic (exact) mass is 518 g/mol. The zero-order valence-corrected chi connectivity index (χ0v) is 22.0. The number of esters is 1. The van der Waals surface area contributed by atoms with Gasteiger partial charge in [-0.25, -0.2) is 13.6 Å². The van der Waals surface area contributed by atoms with Gasteiger partial charge in [0.15, 0.2) is 16.5 Å². The predicted octanol–water partition coefficient (Wildman–Crippen LogP) is 6.60. The number of hydrogen-bond donors (Lipinski definition) is 1. The van der Waals surface area contributed by atoms with E-state index in [1.807, 2.05) is 62.3 Å². The average Bonchev–Trinajstić information content (AvgIpc) is 2.65. The number of halogens is 4. The summed E-state index contributed by atoms with van der Waals surface area (Å²) < 4.78 is 93.8. The van der Waals surface area contributed by atoms with E-state index >= 15 is 0 Å². The number of carbonyl (C=O) groups is 1. The number of rotatable bonds is 3. The number of carbonyl (C=O) groups excluding carboxylic acids is 1. The van der Waals surface area contributed by atoms with Crippen molar-refractivity contribution in [2.75, 3.05) is 0 Å². The Morgan fingerprint density at radius 1 is 0.743 bits per heavy atom. The van der Waals surface area contributed by atoms with Gasteiger partial charge in [-0.05, 0) is 32.9 Å². The third-order valence-corrected chi connectivity index (χ3v) is 6.33. The van der Waals surface area contributed by atoms with Gasteiger partial charge >= 0.3 is 16.1 Å². The molecule has 0 aliphatic rings. The summed E-state index contributed by atoms with van der Waals surface area (Å²) in [6.07, 6.45) is 0. The van der Waals surface area contributed by atoms with Gasteiger partial charge in [0, 0.05) is 0 Å². The summed E-state index contributed by atoms with van der Waals surface area (Å²) >= 11 is 0. The van der Waals surface area contributed by atoms with Crippen molar-refractivity contribution in [2.24, 2.45) is 0 Å². The van der Waals surface area contributed by atoms with E-state index < -0.39 is 60.8 Å². The summed E-state index contributed by atoms with van der Waals surface area (Å²) in [6, 6.07) is 3.56. The van der Waals surface area contributed by atoms with Crippen LogP contribution in [0.25, 0.3) is 0 Å². The van der Waals surface area contributed by atoms with Crippen molar-refractivity contribution < 1.29 is 40.1 Å². The first-order valence-electron chi connectivity index (χ1n) is 10.7. The summed E-state index contributed by atoms with van der Waals surface area (Å²) in [6.45, 7) is 16.8. The van der Waals surface area contributed by atoms with Crippen LogP contribution >= 0.6 is 0 Å². The molecule has 2 rings (SSSR count). The Bertz CT molecular complexity index is 1230. The van der Waals surface area contributed by atoms with Crippen LogP contribution in [0.5, 0.6) is 5.75 Å². The Morgan fingerprint density at radius 2 is 1.11 bits per heavy atom. The highest BCUT2D eigenvalue weighted by Crippen LogP contribution is 2.40. The first kappa shape index (κ1) is 28.8. The highest BCUT2D eigenvalue weighted by atomic mass is 32.2. The maximum atomic E-state index is 14.6. The average molecular weight is 519 g/mol. The zero-order chi connectivity index (χ0) is 27.5. The Morgan fingerprint density at radius 3 is 1.40 bits per heavy atom. The molecule has 0 radical (unpaired) electrons. The first-order chi connectivity index (χ1) is 15.5. The summed E-state index contributed by atoms with van der Waals surface area (Å²) in [4.78, 5) is 11.1. The first-order valence-corrected chi connectivity index (χ1v) is 12.2. The van der Waals surface area contributed by atoms with Gasteiger partial charge < -0.3 is 4.74 Å². The molecule has 0 saturated carbocycles. The molecule has 194 valence electrons. The number of benzene rings is 2. The second-order valence-corrected chi connectivity index (χ2v) is 12.8. The molecule has 0 aliphatic heterocycles. The van der Waals surface area contributed by atoms with E-state index in [1.165, 1.54) is 0 Å². The molecule has 0 unspecified atom stereocenters. The Hall–Kier alpha value is -2.46. The largest absolute Gasteiger partial charge is 0.416 e. The van der Waals surface area contributed by atoms with E-state index in [2.05, 4.69) is 0 Å². The van der Waals surface area contributed by atoms with Crippen LogP contribution in [0.4, 0.5) is 17.6 Å². The molecule has 1 N–H and O–H groups in total.